The van der Waals surface area contributed by atoms with E-state index in [4.69, 9.17) is 26.2 Å². The maximum absolute atomic E-state index is 12.6. The minimum Gasteiger partial charge on any atom is -0.477 e. The number of H-pyrrole nitrogens is 1. The van der Waals surface area contributed by atoms with Crippen molar-refractivity contribution in [3.63, 3.8) is 0 Å². The molecule has 1 aliphatic carbocycles. The van der Waals surface area contributed by atoms with Crippen molar-refractivity contribution in [2.45, 2.75) is 19.4 Å². The van der Waals surface area contributed by atoms with Gasteiger partial charge in [0.1, 0.15) is 18.1 Å². The van der Waals surface area contributed by atoms with E-state index < -0.39 is 23.0 Å². The molecule has 0 unspecified atom stereocenters. The molecule has 0 atom stereocenters. The number of ether oxygens (including phenoxy) is 2. The number of aromatic carboxylic acids is 1. The molecule has 8 nitrogen and oxygen atoms in total. The summed E-state index contributed by atoms with van der Waals surface area (Å²) in [5.41, 5.74) is 0.681. The van der Waals surface area contributed by atoms with Gasteiger partial charge in [-0.25, -0.2) is 4.79 Å². The number of carbonyl (C=O) groups is 2. The average Bonchev–Trinajstić information content (AvgIpc) is 2.77. The number of carbonyl (C=O) groups excluding carboxylic acids is 1. The van der Waals surface area contributed by atoms with E-state index in [1.54, 1.807) is 6.07 Å². The summed E-state index contributed by atoms with van der Waals surface area (Å²) in [6.07, 6.45) is 10.2. The van der Waals surface area contributed by atoms with E-state index in [-0.39, 0.29) is 12.3 Å². The van der Waals surface area contributed by atoms with Gasteiger partial charge in [0.05, 0.1) is 5.52 Å². The van der Waals surface area contributed by atoms with Crippen molar-refractivity contribution < 1.29 is 24.2 Å². The molecule has 2 heterocycles. The van der Waals surface area contributed by atoms with Gasteiger partial charge in [0.15, 0.2) is 5.76 Å². The first-order chi connectivity index (χ1) is 14.9. The van der Waals surface area contributed by atoms with E-state index in [9.17, 15) is 14.4 Å². The zero-order chi connectivity index (χ0) is 22.0. The number of amides is 1. The second-order valence-corrected chi connectivity index (χ2v) is 7.33. The highest BCUT2D eigenvalue weighted by molar-refractivity contribution is 6.31. The molecule has 4 rings (SSSR count). The number of fused-ring (bicyclic) bond motifs is 1. The van der Waals surface area contributed by atoms with Crippen LogP contribution in [-0.4, -0.2) is 22.0 Å². The summed E-state index contributed by atoms with van der Waals surface area (Å²) in [6.45, 7) is 0.0173. The maximum atomic E-state index is 12.6. The Bertz CT molecular complexity index is 1270. The minimum absolute atomic E-state index is 0.0130. The largest absolute Gasteiger partial charge is 0.477 e. The van der Waals surface area contributed by atoms with Gasteiger partial charge in [-0.1, -0.05) is 29.8 Å². The molecule has 3 N–H and O–H groups in total. The van der Waals surface area contributed by atoms with Gasteiger partial charge in [-0.15, -0.1) is 0 Å². The number of benzene rings is 1. The molecule has 0 saturated heterocycles. The number of carboxylic acids is 1. The Hall–Kier alpha value is -3.78. The van der Waals surface area contributed by atoms with Gasteiger partial charge in [0, 0.05) is 17.0 Å². The third kappa shape index (κ3) is 4.39. The Labute approximate surface area is 181 Å². The Morgan fingerprint density at radius 1 is 1.23 bits per heavy atom. The first-order valence-corrected chi connectivity index (χ1v) is 9.77. The van der Waals surface area contributed by atoms with Crippen LogP contribution in [0.3, 0.4) is 0 Å². The van der Waals surface area contributed by atoms with E-state index in [0.29, 0.717) is 27.2 Å². The Morgan fingerprint density at radius 3 is 2.81 bits per heavy atom. The van der Waals surface area contributed by atoms with Crippen molar-refractivity contribution >= 4 is 34.4 Å². The quantitative estimate of drug-likeness (QED) is 0.655. The van der Waals surface area contributed by atoms with Crippen molar-refractivity contribution in [2.24, 2.45) is 0 Å². The van der Waals surface area contributed by atoms with Gasteiger partial charge in [-0.3, -0.25) is 9.59 Å². The van der Waals surface area contributed by atoms with Gasteiger partial charge in [-0.2, -0.15) is 0 Å². The molecule has 2 aromatic rings. The number of aromatic nitrogens is 1. The first-order valence-electron chi connectivity index (χ1n) is 9.39. The van der Waals surface area contributed by atoms with Crippen LogP contribution in [-0.2, 0) is 20.8 Å². The smallest absolute Gasteiger partial charge is 0.341 e. The summed E-state index contributed by atoms with van der Waals surface area (Å²) in [4.78, 5) is 38.4. The normalized spacial score (nSPS) is 15.3. The molecular formula is C22H17ClN2O6. The van der Waals surface area contributed by atoms with E-state index >= 15 is 0 Å². The van der Waals surface area contributed by atoms with E-state index in [0.717, 1.165) is 18.4 Å². The van der Waals surface area contributed by atoms with Crippen LogP contribution in [0.2, 0.25) is 5.02 Å². The molecule has 1 amide bonds. The molecule has 2 aliphatic rings. The fourth-order valence-corrected chi connectivity index (χ4v) is 3.54. The molecule has 0 saturated carbocycles. The highest BCUT2D eigenvalue weighted by Crippen LogP contribution is 2.26. The Balaban J connectivity index is 1.52. The molecule has 1 aromatic heterocycles. The zero-order valence-electron chi connectivity index (χ0n) is 16.1. The van der Waals surface area contributed by atoms with Gasteiger partial charge in [0.2, 0.25) is 5.76 Å². The van der Waals surface area contributed by atoms with Crippen LogP contribution in [0.15, 0.2) is 70.8 Å². The number of nitrogens with one attached hydrogen (secondary N) is 2. The number of carboxylic acid groups (broad SMARTS) is 1. The number of hydrogen-bond acceptors (Lipinski definition) is 5. The molecule has 0 bridgehead atoms. The molecule has 31 heavy (non-hydrogen) atoms. The predicted octanol–water partition coefficient (Wildman–Crippen LogP) is 3.50. The lowest BCUT2D eigenvalue weighted by Gasteiger charge is -2.19. The number of halogens is 1. The summed E-state index contributed by atoms with van der Waals surface area (Å²) in [5.74, 6) is -1.40. The van der Waals surface area contributed by atoms with Crippen molar-refractivity contribution in [2.75, 3.05) is 0 Å². The standard InChI is InChI=1S/C22H17ClN2O6/c23-15-6-13-8-16(22(28)29)20(26)25-19(13)14(7-15)9-24-21(27)18-11-30-10-17(31-18)12-4-2-1-3-5-12/h1-2,4,6-8,10-11H,3,5,9H2,(H,24,27)(H,25,26)(H,28,29). The lowest BCUT2D eigenvalue weighted by atomic mass is 10.0. The summed E-state index contributed by atoms with van der Waals surface area (Å²) in [7, 11) is 0. The second kappa shape index (κ2) is 8.53. The Morgan fingerprint density at radius 2 is 2.06 bits per heavy atom. The van der Waals surface area contributed by atoms with Crippen LogP contribution >= 0.6 is 11.6 Å². The summed E-state index contributed by atoms with van der Waals surface area (Å²) < 4.78 is 10.9. The van der Waals surface area contributed by atoms with Crippen molar-refractivity contribution in [3.05, 3.63) is 92.5 Å². The van der Waals surface area contributed by atoms with Crippen LogP contribution < -0.4 is 10.9 Å². The molecule has 9 heteroatoms. The molecule has 0 fully saturated rings. The highest BCUT2D eigenvalue weighted by Gasteiger charge is 2.21. The third-order valence-corrected chi connectivity index (χ3v) is 5.01. The molecule has 1 aromatic carbocycles. The summed E-state index contributed by atoms with van der Waals surface area (Å²) >= 11 is 6.14. The number of allylic oxidation sites excluding steroid dienone is 4. The number of rotatable bonds is 5. The summed E-state index contributed by atoms with van der Waals surface area (Å²) in [5, 5.41) is 12.6. The van der Waals surface area contributed by atoms with Gasteiger partial charge >= 0.3 is 5.97 Å². The monoisotopic (exact) mass is 440 g/mol. The lowest BCUT2D eigenvalue weighted by Crippen LogP contribution is -2.27. The van der Waals surface area contributed by atoms with E-state index in [1.165, 1.54) is 24.7 Å². The maximum Gasteiger partial charge on any atom is 0.341 e. The van der Waals surface area contributed by atoms with Crippen LogP contribution in [0, 0.1) is 0 Å². The molecule has 0 radical (unpaired) electrons. The van der Waals surface area contributed by atoms with Crippen LogP contribution in [0.5, 0.6) is 0 Å². The van der Waals surface area contributed by atoms with Gasteiger partial charge in [-0.05, 0) is 42.2 Å². The fraction of sp³-hybridized carbons (Fsp3) is 0.136. The van der Waals surface area contributed by atoms with Gasteiger partial charge < -0.3 is 24.9 Å². The van der Waals surface area contributed by atoms with Crippen molar-refractivity contribution in [3.8, 4) is 0 Å². The topological polar surface area (TPSA) is 118 Å². The SMILES string of the molecule is O=C(NCc1cc(Cl)cc2cc(C(=O)O)c(=O)[nH]c12)C1=COC=C(C2=CC=CCC2)O1. The fourth-order valence-electron chi connectivity index (χ4n) is 3.29. The van der Waals surface area contributed by atoms with E-state index in [2.05, 4.69) is 10.3 Å². The molecule has 158 valence electrons. The molecular weight excluding hydrogens is 424 g/mol. The van der Waals surface area contributed by atoms with Crippen LogP contribution in [0.1, 0.15) is 28.8 Å². The van der Waals surface area contributed by atoms with Crippen molar-refractivity contribution in [1.82, 2.24) is 10.3 Å². The highest BCUT2D eigenvalue weighted by atomic mass is 35.5. The van der Waals surface area contributed by atoms with Crippen LogP contribution in [0.25, 0.3) is 10.9 Å². The van der Waals surface area contributed by atoms with E-state index in [1.807, 2.05) is 18.2 Å². The van der Waals surface area contributed by atoms with Gasteiger partial charge in [0.25, 0.3) is 11.5 Å². The number of pyridine rings is 1. The lowest BCUT2D eigenvalue weighted by molar-refractivity contribution is -0.120. The Kier molecular flexibility index (Phi) is 5.64. The minimum atomic E-state index is -1.34. The first kappa shape index (κ1) is 20.5. The molecule has 0 spiro atoms. The number of hydrogen-bond donors (Lipinski definition) is 3. The van der Waals surface area contributed by atoms with Crippen LogP contribution in [0.4, 0.5) is 0 Å². The zero-order valence-corrected chi connectivity index (χ0v) is 16.9. The predicted molar refractivity (Wildman–Crippen MR) is 113 cm³/mol. The second-order valence-electron chi connectivity index (χ2n) is 6.89. The average molecular weight is 441 g/mol. The third-order valence-electron chi connectivity index (χ3n) is 4.79. The number of aromatic amines is 1. The molecule has 1 aliphatic heterocycles. The summed E-state index contributed by atoms with van der Waals surface area (Å²) in [6, 6.07) is 4.37. The van der Waals surface area contributed by atoms with Crippen molar-refractivity contribution in [1.29, 1.82) is 0 Å².